The molecule has 3 rings (SSSR count). The van der Waals surface area contributed by atoms with Gasteiger partial charge in [0.15, 0.2) is 0 Å². The number of sulfonamides is 1. The predicted octanol–water partition coefficient (Wildman–Crippen LogP) is 1.69. The van der Waals surface area contributed by atoms with Crippen molar-refractivity contribution in [2.45, 2.75) is 48.7 Å². The number of halogens is 1. The molecule has 0 amide bonds. The Labute approximate surface area is 143 Å². The SMILES string of the molecule is COc1ccc(OC)c(S(=O)(=O)NC2CC3CCC(C2)N3)c1.Cl. The average molecular weight is 363 g/mol. The van der Waals surface area contributed by atoms with Crippen molar-refractivity contribution < 1.29 is 17.9 Å². The molecule has 1 aromatic carbocycles. The van der Waals surface area contributed by atoms with E-state index in [1.54, 1.807) is 12.1 Å². The van der Waals surface area contributed by atoms with Crippen molar-refractivity contribution in [2.75, 3.05) is 14.2 Å². The summed E-state index contributed by atoms with van der Waals surface area (Å²) in [5.74, 6) is 0.816. The van der Waals surface area contributed by atoms with E-state index in [4.69, 9.17) is 9.47 Å². The topological polar surface area (TPSA) is 76.7 Å². The fourth-order valence-corrected chi connectivity index (χ4v) is 4.88. The molecule has 0 aromatic heterocycles. The van der Waals surface area contributed by atoms with Crippen LogP contribution in [0.15, 0.2) is 23.1 Å². The third kappa shape index (κ3) is 3.91. The van der Waals surface area contributed by atoms with Gasteiger partial charge in [-0.15, -0.1) is 12.4 Å². The second-order valence-corrected chi connectivity index (χ2v) is 7.63. The standard InChI is InChI=1S/C15H22N2O4S.ClH/c1-20-13-5-6-14(21-2)15(9-13)22(18,19)17-12-7-10-3-4-11(8-12)16-10;/h5-6,9-12,16-17H,3-4,7-8H2,1-2H3;1H. The van der Waals surface area contributed by atoms with Crippen LogP contribution in [-0.4, -0.2) is 40.8 Å². The summed E-state index contributed by atoms with van der Waals surface area (Å²) in [7, 11) is -0.663. The summed E-state index contributed by atoms with van der Waals surface area (Å²) < 4.78 is 38.6. The van der Waals surface area contributed by atoms with Crippen LogP contribution in [0.1, 0.15) is 25.7 Å². The zero-order chi connectivity index (χ0) is 15.7. The van der Waals surface area contributed by atoms with Gasteiger partial charge in [-0.3, -0.25) is 0 Å². The predicted molar refractivity (Wildman–Crippen MR) is 90.1 cm³/mol. The van der Waals surface area contributed by atoms with Gasteiger partial charge in [0.1, 0.15) is 16.4 Å². The van der Waals surface area contributed by atoms with Gasteiger partial charge in [0.05, 0.1) is 14.2 Å². The molecule has 2 aliphatic rings. The third-order valence-electron chi connectivity index (χ3n) is 4.46. The largest absolute Gasteiger partial charge is 0.497 e. The molecule has 8 heteroatoms. The van der Waals surface area contributed by atoms with Crippen molar-refractivity contribution in [1.29, 1.82) is 0 Å². The second-order valence-electron chi connectivity index (χ2n) is 5.94. The lowest BCUT2D eigenvalue weighted by molar-refractivity contribution is 0.344. The fourth-order valence-electron chi connectivity index (χ4n) is 3.43. The summed E-state index contributed by atoms with van der Waals surface area (Å²) in [4.78, 5) is 0.125. The highest BCUT2D eigenvalue weighted by Crippen LogP contribution is 2.31. The van der Waals surface area contributed by atoms with Crippen LogP contribution in [0, 0.1) is 0 Å². The molecular formula is C15H23ClN2O4S. The minimum absolute atomic E-state index is 0. The molecule has 0 spiro atoms. The van der Waals surface area contributed by atoms with E-state index in [1.165, 1.54) is 20.3 Å². The summed E-state index contributed by atoms with van der Waals surface area (Å²) in [5.41, 5.74) is 0. The van der Waals surface area contributed by atoms with Crippen molar-refractivity contribution >= 4 is 22.4 Å². The van der Waals surface area contributed by atoms with Crippen LogP contribution in [0.3, 0.4) is 0 Å². The Morgan fingerprint density at radius 1 is 1.13 bits per heavy atom. The average Bonchev–Trinajstić information content (AvgIpc) is 2.85. The lowest BCUT2D eigenvalue weighted by atomic mass is 10.0. The number of methoxy groups -OCH3 is 2. The number of ether oxygens (including phenoxy) is 2. The molecule has 23 heavy (non-hydrogen) atoms. The number of benzene rings is 1. The zero-order valence-corrected chi connectivity index (χ0v) is 14.9. The molecule has 6 nitrogen and oxygen atoms in total. The molecule has 2 saturated heterocycles. The van der Waals surface area contributed by atoms with E-state index >= 15 is 0 Å². The summed E-state index contributed by atoms with van der Waals surface area (Å²) in [6, 6.07) is 5.62. The normalized spacial score (nSPS) is 26.4. The molecular weight excluding hydrogens is 340 g/mol. The summed E-state index contributed by atoms with van der Waals surface area (Å²) in [6.07, 6.45) is 3.93. The summed E-state index contributed by atoms with van der Waals surface area (Å²) in [5, 5.41) is 3.51. The van der Waals surface area contributed by atoms with Gasteiger partial charge in [-0.1, -0.05) is 0 Å². The summed E-state index contributed by atoms with van der Waals surface area (Å²) >= 11 is 0. The van der Waals surface area contributed by atoms with Gasteiger partial charge in [0.25, 0.3) is 0 Å². The van der Waals surface area contributed by atoms with E-state index in [2.05, 4.69) is 10.0 Å². The van der Waals surface area contributed by atoms with Crippen LogP contribution in [0.25, 0.3) is 0 Å². The van der Waals surface area contributed by atoms with Crippen molar-refractivity contribution in [3.8, 4) is 11.5 Å². The Morgan fingerprint density at radius 2 is 1.78 bits per heavy atom. The Hall–Kier alpha value is -1.02. The monoisotopic (exact) mass is 362 g/mol. The smallest absolute Gasteiger partial charge is 0.244 e. The Balaban J connectivity index is 0.00000192. The van der Waals surface area contributed by atoms with Crippen LogP contribution >= 0.6 is 12.4 Å². The molecule has 2 N–H and O–H groups in total. The first-order valence-corrected chi connectivity index (χ1v) is 9.00. The Bertz CT molecular complexity index is 641. The van der Waals surface area contributed by atoms with Gasteiger partial charge >= 0.3 is 0 Å². The van der Waals surface area contributed by atoms with Crippen molar-refractivity contribution in [3.05, 3.63) is 18.2 Å². The first-order chi connectivity index (χ1) is 10.5. The van der Waals surface area contributed by atoms with E-state index in [0.717, 1.165) is 25.7 Å². The van der Waals surface area contributed by atoms with Crippen molar-refractivity contribution in [2.24, 2.45) is 0 Å². The molecule has 2 atom stereocenters. The molecule has 130 valence electrons. The number of rotatable bonds is 5. The third-order valence-corrected chi connectivity index (χ3v) is 6.00. The molecule has 0 saturated carbocycles. The first kappa shape index (κ1) is 18.3. The lowest BCUT2D eigenvalue weighted by Crippen LogP contribution is -2.47. The van der Waals surface area contributed by atoms with Gasteiger partial charge in [-0.2, -0.15) is 0 Å². The number of nitrogens with one attached hydrogen (secondary N) is 2. The Morgan fingerprint density at radius 3 is 2.35 bits per heavy atom. The molecule has 2 aliphatic heterocycles. The highest BCUT2D eigenvalue weighted by molar-refractivity contribution is 7.89. The van der Waals surface area contributed by atoms with Gasteiger partial charge in [-0.25, -0.2) is 13.1 Å². The molecule has 2 heterocycles. The van der Waals surface area contributed by atoms with E-state index < -0.39 is 10.0 Å². The summed E-state index contributed by atoms with van der Waals surface area (Å²) in [6.45, 7) is 0. The molecule has 1 aromatic rings. The van der Waals surface area contributed by atoms with Crippen LogP contribution in [0.2, 0.25) is 0 Å². The zero-order valence-electron chi connectivity index (χ0n) is 13.2. The maximum absolute atomic E-state index is 12.7. The minimum atomic E-state index is -3.64. The van der Waals surface area contributed by atoms with Gasteiger partial charge in [-0.05, 0) is 37.8 Å². The molecule has 0 aliphatic carbocycles. The number of hydrogen-bond donors (Lipinski definition) is 2. The van der Waals surface area contributed by atoms with Crippen LogP contribution in [-0.2, 0) is 10.0 Å². The van der Waals surface area contributed by atoms with Crippen molar-refractivity contribution in [1.82, 2.24) is 10.0 Å². The van der Waals surface area contributed by atoms with Crippen molar-refractivity contribution in [3.63, 3.8) is 0 Å². The molecule has 2 fully saturated rings. The lowest BCUT2D eigenvalue weighted by Gasteiger charge is -2.29. The van der Waals surface area contributed by atoms with E-state index in [0.29, 0.717) is 23.6 Å². The van der Waals surface area contributed by atoms with Crippen LogP contribution in [0.5, 0.6) is 11.5 Å². The van der Waals surface area contributed by atoms with E-state index in [1.807, 2.05) is 0 Å². The molecule has 0 radical (unpaired) electrons. The van der Waals surface area contributed by atoms with Crippen LogP contribution in [0.4, 0.5) is 0 Å². The van der Waals surface area contributed by atoms with E-state index in [-0.39, 0.29) is 23.3 Å². The number of fused-ring (bicyclic) bond motifs is 2. The maximum atomic E-state index is 12.7. The van der Waals surface area contributed by atoms with Crippen LogP contribution < -0.4 is 19.5 Å². The number of hydrogen-bond acceptors (Lipinski definition) is 5. The Kier molecular flexibility index (Phi) is 5.78. The van der Waals surface area contributed by atoms with Gasteiger partial charge in [0, 0.05) is 24.2 Å². The highest BCUT2D eigenvalue weighted by Gasteiger charge is 2.36. The maximum Gasteiger partial charge on any atom is 0.244 e. The van der Waals surface area contributed by atoms with Gasteiger partial charge < -0.3 is 14.8 Å². The second kappa shape index (κ2) is 7.25. The minimum Gasteiger partial charge on any atom is -0.497 e. The first-order valence-electron chi connectivity index (χ1n) is 7.52. The fraction of sp³-hybridized carbons (Fsp3) is 0.600. The quantitative estimate of drug-likeness (QED) is 0.833. The number of piperidine rings is 1. The highest BCUT2D eigenvalue weighted by atomic mass is 35.5. The van der Waals surface area contributed by atoms with E-state index in [9.17, 15) is 8.42 Å². The molecule has 2 bridgehead atoms. The van der Waals surface area contributed by atoms with Gasteiger partial charge in [0.2, 0.25) is 10.0 Å². The molecule has 2 unspecified atom stereocenters.